The number of nitro benzene ring substituents is 1. The first-order chi connectivity index (χ1) is 15.8. The second-order valence-corrected chi connectivity index (χ2v) is 7.88. The van der Waals surface area contributed by atoms with Gasteiger partial charge in [0.1, 0.15) is 0 Å². The summed E-state index contributed by atoms with van der Waals surface area (Å²) in [4.78, 5) is 37.3. The first-order valence-corrected chi connectivity index (χ1v) is 10.9. The van der Waals surface area contributed by atoms with Crippen molar-refractivity contribution in [3.8, 4) is 0 Å². The average molecular weight is 492 g/mol. The van der Waals surface area contributed by atoms with Gasteiger partial charge in [0, 0.05) is 37.3 Å². The van der Waals surface area contributed by atoms with Gasteiger partial charge in [0.25, 0.3) is 11.6 Å². The van der Waals surface area contributed by atoms with Crippen molar-refractivity contribution in [1.29, 1.82) is 0 Å². The SMILES string of the molecule is CCC(=O)Nc1ccc(Cl)c(NC(=S)NC(=O)c2cc([N+](=O)[O-])ccc2N2CCOCC2)c1. The molecule has 2 aromatic carbocycles. The summed E-state index contributed by atoms with van der Waals surface area (Å²) in [5.41, 5.74) is 1.34. The summed E-state index contributed by atoms with van der Waals surface area (Å²) >= 11 is 11.5. The second kappa shape index (κ2) is 11.0. The maximum atomic E-state index is 13.0. The monoisotopic (exact) mass is 491 g/mol. The van der Waals surface area contributed by atoms with E-state index in [2.05, 4.69) is 16.0 Å². The summed E-state index contributed by atoms with van der Waals surface area (Å²) in [6, 6.07) is 8.92. The quantitative estimate of drug-likeness (QED) is 0.318. The number of non-ortho nitro benzene ring substituents is 1. The van der Waals surface area contributed by atoms with Crippen molar-refractivity contribution in [1.82, 2.24) is 5.32 Å². The Morgan fingerprint density at radius 2 is 1.91 bits per heavy atom. The molecule has 0 spiro atoms. The number of morpholine rings is 1. The number of nitrogens with zero attached hydrogens (tertiary/aromatic N) is 2. The van der Waals surface area contributed by atoms with Gasteiger partial charge in [-0.05, 0) is 36.5 Å². The van der Waals surface area contributed by atoms with Gasteiger partial charge in [0.05, 0.1) is 40.1 Å². The summed E-state index contributed by atoms with van der Waals surface area (Å²) in [7, 11) is 0. The normalized spacial score (nSPS) is 13.2. The number of amides is 2. The van der Waals surface area contributed by atoms with Crippen LogP contribution in [0.3, 0.4) is 0 Å². The Hall–Kier alpha value is -3.28. The fourth-order valence-corrected chi connectivity index (χ4v) is 3.54. The Balaban J connectivity index is 1.78. The molecule has 10 nitrogen and oxygen atoms in total. The van der Waals surface area contributed by atoms with Crippen LogP contribution in [-0.2, 0) is 9.53 Å². The van der Waals surface area contributed by atoms with E-state index in [1.54, 1.807) is 31.2 Å². The lowest BCUT2D eigenvalue weighted by Gasteiger charge is -2.30. The predicted octanol–water partition coefficient (Wildman–Crippen LogP) is 3.56. The van der Waals surface area contributed by atoms with E-state index < -0.39 is 10.8 Å². The largest absolute Gasteiger partial charge is 0.378 e. The minimum absolute atomic E-state index is 0.0553. The number of nitro groups is 1. The van der Waals surface area contributed by atoms with E-state index in [9.17, 15) is 19.7 Å². The van der Waals surface area contributed by atoms with Crippen LogP contribution in [0.2, 0.25) is 5.02 Å². The number of hydrogen-bond donors (Lipinski definition) is 3. The predicted molar refractivity (Wildman–Crippen MR) is 130 cm³/mol. The van der Waals surface area contributed by atoms with Crippen LogP contribution in [0.15, 0.2) is 36.4 Å². The zero-order valence-electron chi connectivity index (χ0n) is 17.7. The molecule has 1 aliphatic heterocycles. The molecule has 0 unspecified atom stereocenters. The van der Waals surface area contributed by atoms with E-state index in [4.69, 9.17) is 28.6 Å². The van der Waals surface area contributed by atoms with E-state index in [0.717, 1.165) is 0 Å². The van der Waals surface area contributed by atoms with Gasteiger partial charge >= 0.3 is 0 Å². The number of hydrogen-bond acceptors (Lipinski definition) is 7. The van der Waals surface area contributed by atoms with Crippen LogP contribution in [-0.4, -0.2) is 48.2 Å². The highest BCUT2D eigenvalue weighted by Crippen LogP contribution is 2.28. The first kappa shape index (κ1) is 24.4. The molecule has 1 saturated heterocycles. The first-order valence-electron chi connectivity index (χ1n) is 10.1. The lowest BCUT2D eigenvalue weighted by Crippen LogP contribution is -2.39. The molecule has 1 fully saturated rings. The van der Waals surface area contributed by atoms with Crippen molar-refractivity contribution in [3.63, 3.8) is 0 Å². The minimum atomic E-state index is -0.607. The van der Waals surface area contributed by atoms with Gasteiger partial charge in [-0.25, -0.2) is 0 Å². The number of halogens is 1. The Kier molecular flexibility index (Phi) is 8.15. The van der Waals surface area contributed by atoms with Crippen molar-refractivity contribution in [2.75, 3.05) is 41.8 Å². The maximum Gasteiger partial charge on any atom is 0.270 e. The number of benzene rings is 2. The Morgan fingerprint density at radius 3 is 2.58 bits per heavy atom. The maximum absolute atomic E-state index is 13.0. The highest BCUT2D eigenvalue weighted by Gasteiger charge is 2.23. The number of nitrogens with one attached hydrogen (secondary N) is 3. The minimum Gasteiger partial charge on any atom is -0.378 e. The summed E-state index contributed by atoms with van der Waals surface area (Å²) in [6.45, 7) is 3.80. The average Bonchev–Trinajstić information content (AvgIpc) is 2.81. The number of ether oxygens (including phenoxy) is 1. The summed E-state index contributed by atoms with van der Waals surface area (Å²) in [5.74, 6) is -0.773. The summed E-state index contributed by atoms with van der Waals surface area (Å²) in [6.07, 6.45) is 0.314. The van der Waals surface area contributed by atoms with E-state index in [0.29, 0.717) is 54.8 Å². The molecule has 0 bridgehead atoms. The molecule has 33 heavy (non-hydrogen) atoms. The molecule has 2 aromatic rings. The van der Waals surface area contributed by atoms with Crippen LogP contribution in [0, 0.1) is 10.1 Å². The molecule has 0 aliphatic carbocycles. The molecule has 1 aliphatic rings. The zero-order valence-corrected chi connectivity index (χ0v) is 19.3. The van der Waals surface area contributed by atoms with Crippen LogP contribution in [0.1, 0.15) is 23.7 Å². The number of thiocarbonyl (C=S) groups is 1. The number of carbonyl (C=O) groups excluding carboxylic acids is 2. The van der Waals surface area contributed by atoms with Gasteiger partial charge in [-0.1, -0.05) is 18.5 Å². The third kappa shape index (κ3) is 6.37. The third-order valence-corrected chi connectivity index (χ3v) is 5.37. The van der Waals surface area contributed by atoms with Crippen molar-refractivity contribution < 1.29 is 19.2 Å². The highest BCUT2D eigenvalue weighted by molar-refractivity contribution is 7.80. The molecule has 12 heteroatoms. The molecule has 3 rings (SSSR count). The molecule has 0 saturated carbocycles. The van der Waals surface area contributed by atoms with Gasteiger partial charge < -0.3 is 20.3 Å². The zero-order chi connectivity index (χ0) is 24.0. The molecular formula is C21H22ClN5O5S. The van der Waals surface area contributed by atoms with Crippen molar-refractivity contribution >= 4 is 63.5 Å². The summed E-state index contributed by atoms with van der Waals surface area (Å²) in [5, 5.41) is 19.6. The van der Waals surface area contributed by atoms with E-state index >= 15 is 0 Å². The number of anilines is 3. The lowest BCUT2D eigenvalue weighted by atomic mass is 10.1. The third-order valence-electron chi connectivity index (χ3n) is 4.83. The van der Waals surface area contributed by atoms with Gasteiger partial charge in [-0.15, -0.1) is 0 Å². The van der Waals surface area contributed by atoms with Crippen LogP contribution in [0.5, 0.6) is 0 Å². The van der Waals surface area contributed by atoms with Crippen LogP contribution >= 0.6 is 23.8 Å². The molecule has 2 amide bonds. The van der Waals surface area contributed by atoms with Gasteiger partial charge in [-0.3, -0.25) is 25.0 Å². The van der Waals surface area contributed by atoms with Crippen molar-refractivity contribution in [2.24, 2.45) is 0 Å². The van der Waals surface area contributed by atoms with Gasteiger partial charge in [0.15, 0.2) is 5.11 Å². The fourth-order valence-electron chi connectivity index (χ4n) is 3.17. The van der Waals surface area contributed by atoms with Crippen LogP contribution in [0.25, 0.3) is 0 Å². The molecule has 0 aromatic heterocycles. The summed E-state index contributed by atoms with van der Waals surface area (Å²) < 4.78 is 5.35. The standard InChI is InChI=1S/C21H22ClN5O5S/c1-2-19(28)23-13-3-5-16(22)17(11-13)24-21(33)25-20(29)15-12-14(27(30)31)4-6-18(15)26-7-9-32-10-8-26/h3-6,11-12H,2,7-10H2,1H3,(H,23,28)(H2,24,25,29,33). The topological polar surface area (TPSA) is 126 Å². The Morgan fingerprint density at radius 1 is 1.18 bits per heavy atom. The molecule has 0 radical (unpaired) electrons. The molecule has 3 N–H and O–H groups in total. The molecule has 174 valence electrons. The number of rotatable bonds is 6. The van der Waals surface area contributed by atoms with E-state index in [1.807, 2.05) is 4.90 Å². The fraction of sp³-hybridized carbons (Fsp3) is 0.286. The van der Waals surface area contributed by atoms with Crippen LogP contribution < -0.4 is 20.9 Å². The van der Waals surface area contributed by atoms with E-state index in [-0.39, 0.29) is 22.3 Å². The Labute approximate surface area is 200 Å². The van der Waals surface area contributed by atoms with Gasteiger partial charge in [-0.2, -0.15) is 0 Å². The van der Waals surface area contributed by atoms with Crippen molar-refractivity contribution in [3.05, 3.63) is 57.1 Å². The molecular weight excluding hydrogens is 470 g/mol. The van der Waals surface area contributed by atoms with Gasteiger partial charge in [0.2, 0.25) is 5.91 Å². The second-order valence-electron chi connectivity index (χ2n) is 7.06. The lowest BCUT2D eigenvalue weighted by molar-refractivity contribution is -0.384. The molecule has 0 atom stereocenters. The van der Waals surface area contributed by atoms with E-state index in [1.165, 1.54) is 12.1 Å². The van der Waals surface area contributed by atoms with Crippen molar-refractivity contribution in [2.45, 2.75) is 13.3 Å². The highest BCUT2D eigenvalue weighted by atomic mass is 35.5. The smallest absolute Gasteiger partial charge is 0.270 e. The molecule has 1 heterocycles. The Bertz CT molecular complexity index is 1090. The van der Waals surface area contributed by atoms with Crippen LogP contribution in [0.4, 0.5) is 22.7 Å². The number of carbonyl (C=O) groups is 2.